The largest absolute Gasteiger partial charge is 0.309 e. The predicted octanol–water partition coefficient (Wildman–Crippen LogP) is 3.43. The molecule has 0 fully saturated rings. The van der Waals surface area contributed by atoms with Gasteiger partial charge in [-0.2, -0.15) is 0 Å². The Bertz CT molecular complexity index is 674. The highest BCUT2D eigenvalue weighted by molar-refractivity contribution is 5.60. The van der Waals surface area contributed by atoms with Crippen molar-refractivity contribution in [3.63, 3.8) is 0 Å². The van der Waals surface area contributed by atoms with Crippen molar-refractivity contribution in [2.45, 2.75) is 33.2 Å². The molecule has 0 amide bonds. The minimum atomic E-state index is 0.866. The van der Waals surface area contributed by atoms with Gasteiger partial charge in [-0.05, 0) is 36.6 Å². The SMILES string of the molecule is CCc1nccc(-c2ccc(CNCC3=CC3)c(C)c2)n1. The molecule has 0 spiro atoms. The summed E-state index contributed by atoms with van der Waals surface area (Å²) in [6.45, 7) is 6.19. The van der Waals surface area contributed by atoms with Crippen LogP contribution in [0.1, 0.15) is 30.3 Å². The van der Waals surface area contributed by atoms with Crippen molar-refractivity contribution < 1.29 is 0 Å². The third kappa shape index (κ3) is 3.56. The van der Waals surface area contributed by atoms with E-state index in [4.69, 9.17) is 0 Å². The van der Waals surface area contributed by atoms with Gasteiger partial charge in [0.2, 0.25) is 0 Å². The Labute approximate surface area is 126 Å². The first kappa shape index (κ1) is 14.0. The molecule has 0 aliphatic heterocycles. The van der Waals surface area contributed by atoms with E-state index in [2.05, 4.69) is 53.4 Å². The average Bonchev–Trinajstić information content (AvgIpc) is 3.33. The second-order valence-corrected chi connectivity index (χ2v) is 5.52. The third-order valence-corrected chi connectivity index (χ3v) is 3.82. The van der Waals surface area contributed by atoms with Crippen LogP contribution in [0, 0.1) is 6.92 Å². The minimum absolute atomic E-state index is 0.866. The summed E-state index contributed by atoms with van der Waals surface area (Å²) in [4.78, 5) is 8.85. The van der Waals surface area contributed by atoms with E-state index < -0.39 is 0 Å². The van der Waals surface area contributed by atoms with Gasteiger partial charge in [-0.1, -0.05) is 30.7 Å². The molecular weight excluding hydrogens is 258 g/mol. The topological polar surface area (TPSA) is 37.8 Å². The van der Waals surface area contributed by atoms with Crippen LogP contribution in [0.4, 0.5) is 0 Å². The predicted molar refractivity (Wildman–Crippen MR) is 86.0 cm³/mol. The highest BCUT2D eigenvalue weighted by Crippen LogP contribution is 2.21. The van der Waals surface area contributed by atoms with E-state index >= 15 is 0 Å². The highest BCUT2D eigenvalue weighted by Gasteiger charge is 2.07. The number of aryl methyl sites for hydroxylation is 2. The maximum absolute atomic E-state index is 4.59. The third-order valence-electron chi connectivity index (χ3n) is 3.82. The van der Waals surface area contributed by atoms with E-state index in [-0.39, 0.29) is 0 Å². The minimum Gasteiger partial charge on any atom is -0.309 e. The number of hydrogen-bond donors (Lipinski definition) is 1. The Morgan fingerprint density at radius 3 is 2.76 bits per heavy atom. The van der Waals surface area contributed by atoms with E-state index in [1.807, 2.05) is 12.3 Å². The molecular formula is C18H21N3. The van der Waals surface area contributed by atoms with E-state index in [0.29, 0.717) is 0 Å². The van der Waals surface area contributed by atoms with Crippen LogP contribution >= 0.6 is 0 Å². The molecule has 3 heteroatoms. The molecule has 0 saturated heterocycles. The molecule has 2 aromatic rings. The van der Waals surface area contributed by atoms with Crippen molar-refractivity contribution in [3.8, 4) is 11.3 Å². The number of nitrogens with zero attached hydrogens (tertiary/aromatic N) is 2. The fourth-order valence-corrected chi connectivity index (χ4v) is 2.36. The molecule has 108 valence electrons. The molecule has 3 nitrogen and oxygen atoms in total. The van der Waals surface area contributed by atoms with Crippen LogP contribution in [0.15, 0.2) is 42.1 Å². The number of aromatic nitrogens is 2. The summed E-state index contributed by atoms with van der Waals surface area (Å²) in [5.74, 6) is 0.897. The standard InChI is InChI=1S/C18H21N3/c1-3-18-20-9-8-17(21-18)15-6-7-16(13(2)10-15)12-19-11-14-4-5-14/h4,6-10,19H,3,5,11-12H2,1-2H3. The van der Waals surface area contributed by atoms with Gasteiger partial charge in [-0.3, -0.25) is 0 Å². The molecule has 1 aromatic carbocycles. The fraction of sp³-hybridized carbons (Fsp3) is 0.333. The number of hydrogen-bond acceptors (Lipinski definition) is 3. The lowest BCUT2D eigenvalue weighted by atomic mass is 10.0. The lowest BCUT2D eigenvalue weighted by molar-refractivity contribution is 0.744. The monoisotopic (exact) mass is 279 g/mol. The van der Waals surface area contributed by atoms with Gasteiger partial charge in [-0.15, -0.1) is 0 Å². The average molecular weight is 279 g/mol. The Kier molecular flexibility index (Phi) is 4.11. The van der Waals surface area contributed by atoms with Crippen LogP contribution in [0.5, 0.6) is 0 Å². The van der Waals surface area contributed by atoms with Crippen LogP contribution in [-0.4, -0.2) is 16.5 Å². The van der Waals surface area contributed by atoms with Crippen molar-refractivity contribution in [2.24, 2.45) is 0 Å². The Morgan fingerprint density at radius 1 is 1.19 bits per heavy atom. The Hall–Kier alpha value is -2.00. The number of nitrogens with one attached hydrogen (secondary N) is 1. The van der Waals surface area contributed by atoms with Crippen molar-refractivity contribution in [1.29, 1.82) is 0 Å². The van der Waals surface area contributed by atoms with Crippen LogP contribution in [0.25, 0.3) is 11.3 Å². The molecule has 3 rings (SSSR count). The van der Waals surface area contributed by atoms with Crippen molar-refractivity contribution in [1.82, 2.24) is 15.3 Å². The zero-order chi connectivity index (χ0) is 14.7. The van der Waals surface area contributed by atoms with Crippen LogP contribution in [-0.2, 0) is 13.0 Å². The van der Waals surface area contributed by atoms with E-state index in [1.54, 1.807) is 0 Å². The molecule has 0 radical (unpaired) electrons. The maximum Gasteiger partial charge on any atom is 0.128 e. The van der Waals surface area contributed by atoms with Crippen LogP contribution in [0.2, 0.25) is 0 Å². The van der Waals surface area contributed by atoms with Crippen LogP contribution in [0.3, 0.4) is 0 Å². The summed E-state index contributed by atoms with van der Waals surface area (Å²) in [5, 5.41) is 3.49. The first-order valence-corrected chi connectivity index (χ1v) is 7.56. The van der Waals surface area contributed by atoms with Gasteiger partial charge in [0.1, 0.15) is 5.82 Å². The summed E-state index contributed by atoms with van der Waals surface area (Å²) in [7, 11) is 0. The molecule has 1 aliphatic carbocycles. The molecule has 0 unspecified atom stereocenters. The van der Waals surface area contributed by atoms with Gasteiger partial charge < -0.3 is 5.32 Å². The van der Waals surface area contributed by atoms with Gasteiger partial charge >= 0.3 is 0 Å². The molecule has 1 heterocycles. The molecule has 21 heavy (non-hydrogen) atoms. The quantitative estimate of drug-likeness (QED) is 0.823. The molecule has 0 bridgehead atoms. The zero-order valence-electron chi connectivity index (χ0n) is 12.7. The van der Waals surface area contributed by atoms with E-state index in [1.165, 1.54) is 28.7 Å². The summed E-state index contributed by atoms with van der Waals surface area (Å²) in [5.41, 5.74) is 6.36. The van der Waals surface area contributed by atoms with Crippen molar-refractivity contribution >= 4 is 0 Å². The molecule has 1 N–H and O–H groups in total. The first-order valence-electron chi connectivity index (χ1n) is 7.56. The molecule has 1 aliphatic rings. The summed E-state index contributed by atoms with van der Waals surface area (Å²) in [6.07, 6.45) is 6.17. The van der Waals surface area contributed by atoms with Gasteiger partial charge in [0.15, 0.2) is 0 Å². The van der Waals surface area contributed by atoms with Gasteiger partial charge in [0.05, 0.1) is 5.69 Å². The number of rotatable bonds is 6. The Morgan fingerprint density at radius 2 is 2.05 bits per heavy atom. The van der Waals surface area contributed by atoms with Gasteiger partial charge in [-0.25, -0.2) is 9.97 Å². The molecule has 0 saturated carbocycles. The Balaban J connectivity index is 1.74. The molecule has 0 atom stereocenters. The van der Waals surface area contributed by atoms with Crippen molar-refractivity contribution in [3.05, 3.63) is 59.1 Å². The summed E-state index contributed by atoms with van der Waals surface area (Å²) >= 11 is 0. The normalized spacial score (nSPS) is 13.1. The van der Waals surface area contributed by atoms with Gasteiger partial charge in [0.25, 0.3) is 0 Å². The number of allylic oxidation sites excluding steroid dienone is 1. The van der Waals surface area contributed by atoms with Crippen LogP contribution < -0.4 is 5.32 Å². The fourth-order valence-electron chi connectivity index (χ4n) is 2.36. The zero-order valence-corrected chi connectivity index (χ0v) is 12.7. The first-order chi connectivity index (χ1) is 10.3. The smallest absolute Gasteiger partial charge is 0.128 e. The second kappa shape index (κ2) is 6.19. The van der Waals surface area contributed by atoms with Crippen molar-refractivity contribution in [2.75, 3.05) is 6.54 Å². The number of benzene rings is 1. The lowest BCUT2D eigenvalue weighted by Crippen LogP contribution is -2.14. The van der Waals surface area contributed by atoms with E-state index in [0.717, 1.165) is 31.0 Å². The highest BCUT2D eigenvalue weighted by atomic mass is 14.9. The molecule has 1 aromatic heterocycles. The maximum atomic E-state index is 4.59. The van der Waals surface area contributed by atoms with Gasteiger partial charge in [0, 0.05) is 31.3 Å². The lowest BCUT2D eigenvalue weighted by Gasteiger charge is -2.09. The second-order valence-electron chi connectivity index (χ2n) is 5.52. The summed E-state index contributed by atoms with van der Waals surface area (Å²) < 4.78 is 0. The summed E-state index contributed by atoms with van der Waals surface area (Å²) in [6, 6.07) is 8.55. The van der Waals surface area contributed by atoms with E-state index in [9.17, 15) is 0 Å².